The van der Waals surface area contributed by atoms with Gasteiger partial charge in [0.15, 0.2) is 5.52 Å². The highest BCUT2D eigenvalue weighted by molar-refractivity contribution is 7.88. The zero-order valence-corrected chi connectivity index (χ0v) is 20.1. The van der Waals surface area contributed by atoms with Crippen LogP contribution >= 0.6 is 0 Å². The van der Waals surface area contributed by atoms with Crippen LogP contribution < -0.4 is 9.64 Å². The molecule has 0 aliphatic carbocycles. The summed E-state index contributed by atoms with van der Waals surface area (Å²) in [5.74, 6) is -0.118. The predicted molar refractivity (Wildman–Crippen MR) is 127 cm³/mol. The Morgan fingerprint density at radius 3 is 2.69 bits per heavy atom. The molecule has 2 aliphatic heterocycles. The number of halogens is 1. The topological polar surface area (TPSA) is 107 Å². The van der Waals surface area contributed by atoms with Gasteiger partial charge in [0.2, 0.25) is 15.9 Å². The molecule has 0 spiro atoms. The van der Waals surface area contributed by atoms with Gasteiger partial charge in [0.1, 0.15) is 18.5 Å². The molecule has 3 aromatic rings. The zero-order chi connectivity index (χ0) is 24.4. The zero-order valence-electron chi connectivity index (χ0n) is 19.3. The van der Waals surface area contributed by atoms with Crippen LogP contribution in [0, 0.1) is 5.82 Å². The summed E-state index contributed by atoms with van der Waals surface area (Å²) in [7, 11) is -3.32. The van der Waals surface area contributed by atoms with E-state index in [1.807, 2.05) is 11.0 Å². The molecule has 0 amide bonds. The highest BCUT2D eigenvalue weighted by Crippen LogP contribution is 2.30. The van der Waals surface area contributed by atoms with Crippen molar-refractivity contribution in [2.45, 2.75) is 6.10 Å². The summed E-state index contributed by atoms with van der Waals surface area (Å²) in [5, 5.41) is 0. The highest BCUT2D eigenvalue weighted by atomic mass is 32.2. The van der Waals surface area contributed by atoms with Crippen molar-refractivity contribution in [1.29, 1.82) is 0 Å². The fourth-order valence-electron chi connectivity index (χ4n) is 4.18. The first-order chi connectivity index (χ1) is 16.9. The third kappa shape index (κ3) is 5.35. The lowest BCUT2D eigenvalue weighted by molar-refractivity contribution is -0.0252. The molecule has 2 aromatic heterocycles. The first-order valence-corrected chi connectivity index (χ1v) is 13.2. The molecule has 1 aromatic carbocycles. The third-order valence-electron chi connectivity index (χ3n) is 6.00. The quantitative estimate of drug-likeness (QED) is 0.497. The number of morpholine rings is 2. The second-order valence-corrected chi connectivity index (χ2v) is 10.4. The van der Waals surface area contributed by atoms with Crippen molar-refractivity contribution in [3.63, 3.8) is 0 Å². The van der Waals surface area contributed by atoms with Crippen molar-refractivity contribution in [2.24, 2.45) is 0 Å². The van der Waals surface area contributed by atoms with E-state index in [1.54, 1.807) is 18.3 Å². The Hall–Kier alpha value is -2.93. The Bertz CT molecular complexity index is 1320. The number of benzene rings is 1. The maximum Gasteiger partial charge on any atom is 0.242 e. The van der Waals surface area contributed by atoms with Crippen molar-refractivity contribution < 1.29 is 27.0 Å². The van der Waals surface area contributed by atoms with Crippen molar-refractivity contribution >= 4 is 26.7 Å². The monoisotopic (exact) mass is 503 g/mol. The molecule has 2 aliphatic rings. The second kappa shape index (κ2) is 9.97. The number of hydrogen-bond acceptors (Lipinski definition) is 9. The summed E-state index contributed by atoms with van der Waals surface area (Å²) in [5.41, 5.74) is 2.60. The number of rotatable bonds is 6. The molecular formula is C23H26FN5O5S. The smallest absolute Gasteiger partial charge is 0.242 e. The number of aromatic nitrogens is 3. The number of ether oxygens (including phenoxy) is 3. The molecule has 12 heteroatoms. The van der Waals surface area contributed by atoms with Crippen LogP contribution in [0.25, 0.3) is 22.3 Å². The number of pyridine rings is 1. The minimum Gasteiger partial charge on any atom is -0.473 e. The highest BCUT2D eigenvalue weighted by Gasteiger charge is 2.27. The van der Waals surface area contributed by atoms with Gasteiger partial charge in [-0.25, -0.2) is 22.8 Å². The van der Waals surface area contributed by atoms with Crippen LogP contribution in [0.5, 0.6) is 5.88 Å². The summed E-state index contributed by atoms with van der Waals surface area (Å²) < 4.78 is 57.2. The van der Waals surface area contributed by atoms with E-state index >= 15 is 4.39 Å². The summed E-state index contributed by atoms with van der Waals surface area (Å²) >= 11 is 0. The van der Waals surface area contributed by atoms with E-state index in [0.717, 1.165) is 0 Å². The summed E-state index contributed by atoms with van der Waals surface area (Å²) in [6.45, 7) is 3.28. The molecule has 1 unspecified atom stereocenters. The molecule has 0 radical (unpaired) electrons. The van der Waals surface area contributed by atoms with Gasteiger partial charge in [0.25, 0.3) is 0 Å². The Morgan fingerprint density at radius 2 is 1.91 bits per heavy atom. The van der Waals surface area contributed by atoms with Crippen LogP contribution in [0.4, 0.5) is 10.1 Å². The minimum absolute atomic E-state index is 0.0818. The number of fused-ring (bicyclic) bond motifs is 1. The molecule has 186 valence electrons. The van der Waals surface area contributed by atoms with Gasteiger partial charge in [0.05, 0.1) is 43.0 Å². The average Bonchev–Trinajstić information content (AvgIpc) is 2.87. The molecule has 10 nitrogen and oxygen atoms in total. The van der Waals surface area contributed by atoms with Crippen molar-refractivity contribution in [3.8, 4) is 17.1 Å². The average molecular weight is 504 g/mol. The molecule has 0 bridgehead atoms. The lowest BCUT2D eigenvalue weighted by atomic mass is 10.1. The van der Waals surface area contributed by atoms with Gasteiger partial charge in [0, 0.05) is 44.1 Å². The Kier molecular flexibility index (Phi) is 6.78. The lowest BCUT2D eigenvalue weighted by Gasteiger charge is -2.30. The van der Waals surface area contributed by atoms with Gasteiger partial charge in [-0.05, 0) is 18.2 Å². The van der Waals surface area contributed by atoms with Crippen molar-refractivity contribution in [3.05, 3.63) is 42.5 Å². The van der Waals surface area contributed by atoms with Gasteiger partial charge in [-0.1, -0.05) is 6.07 Å². The van der Waals surface area contributed by atoms with Crippen LogP contribution in [0.3, 0.4) is 0 Å². The van der Waals surface area contributed by atoms with E-state index in [9.17, 15) is 8.42 Å². The first kappa shape index (κ1) is 23.8. The minimum atomic E-state index is -3.32. The fraction of sp³-hybridized carbons (Fsp3) is 0.435. The van der Waals surface area contributed by atoms with Crippen LogP contribution in [0.2, 0.25) is 0 Å². The van der Waals surface area contributed by atoms with E-state index in [0.29, 0.717) is 60.8 Å². The largest absolute Gasteiger partial charge is 0.473 e. The maximum atomic E-state index is 15.0. The van der Waals surface area contributed by atoms with E-state index in [4.69, 9.17) is 14.2 Å². The SMILES string of the molecule is CS(=O)(=O)N1CCOC(COc2nc(-c3ccc(N4CCOCC4)c(F)c3)cc3nccnc23)C1. The molecule has 0 saturated carbocycles. The number of hydrogen-bond donors (Lipinski definition) is 0. The van der Waals surface area contributed by atoms with Gasteiger partial charge >= 0.3 is 0 Å². The predicted octanol–water partition coefficient (Wildman–Crippen LogP) is 1.71. The molecule has 35 heavy (non-hydrogen) atoms. The summed E-state index contributed by atoms with van der Waals surface area (Å²) in [4.78, 5) is 15.3. The lowest BCUT2D eigenvalue weighted by Crippen LogP contribution is -2.47. The van der Waals surface area contributed by atoms with Crippen LogP contribution in [-0.2, 0) is 19.5 Å². The summed E-state index contributed by atoms with van der Waals surface area (Å²) in [6, 6.07) is 6.75. The molecule has 1 atom stereocenters. The van der Waals surface area contributed by atoms with E-state index < -0.39 is 16.1 Å². The van der Waals surface area contributed by atoms with E-state index in [2.05, 4.69) is 15.0 Å². The van der Waals surface area contributed by atoms with E-state index in [-0.39, 0.29) is 31.5 Å². The molecule has 2 saturated heterocycles. The Labute approximate surface area is 202 Å². The molecule has 2 fully saturated rings. The molecule has 4 heterocycles. The summed E-state index contributed by atoms with van der Waals surface area (Å²) in [6.07, 6.45) is 3.82. The molecule has 0 N–H and O–H groups in total. The number of anilines is 1. The van der Waals surface area contributed by atoms with Crippen LogP contribution in [0.15, 0.2) is 36.7 Å². The first-order valence-electron chi connectivity index (χ1n) is 11.3. The maximum absolute atomic E-state index is 15.0. The normalized spacial score (nSPS) is 19.7. The van der Waals surface area contributed by atoms with Gasteiger partial charge in [-0.3, -0.25) is 4.98 Å². The standard InChI is InChI=1S/C23H26FN5O5S/c1-35(30,31)29-8-11-33-17(14-29)15-34-23-22-20(25-4-5-26-22)13-19(27-23)16-2-3-21(18(24)12-16)28-6-9-32-10-7-28/h2-5,12-13,17H,6-11,14-15H2,1H3. The van der Waals surface area contributed by atoms with E-state index in [1.165, 1.54) is 22.8 Å². The molecular weight excluding hydrogens is 477 g/mol. The fourth-order valence-corrected chi connectivity index (χ4v) is 5.03. The van der Waals surface area contributed by atoms with Crippen molar-refractivity contribution in [2.75, 3.05) is 63.8 Å². The Morgan fingerprint density at radius 1 is 1.11 bits per heavy atom. The number of sulfonamides is 1. The van der Waals surface area contributed by atoms with Gasteiger partial charge in [-0.2, -0.15) is 4.31 Å². The second-order valence-electron chi connectivity index (χ2n) is 8.43. The molecule has 5 rings (SSSR count). The van der Waals surface area contributed by atoms with Gasteiger partial charge < -0.3 is 19.1 Å². The third-order valence-corrected chi connectivity index (χ3v) is 7.27. The van der Waals surface area contributed by atoms with Gasteiger partial charge in [-0.15, -0.1) is 0 Å². The Balaban J connectivity index is 1.40. The van der Waals surface area contributed by atoms with Crippen molar-refractivity contribution in [1.82, 2.24) is 19.3 Å². The van der Waals surface area contributed by atoms with Crippen LogP contribution in [-0.4, -0.2) is 92.6 Å². The van der Waals surface area contributed by atoms with Crippen LogP contribution in [0.1, 0.15) is 0 Å². The number of nitrogens with zero attached hydrogens (tertiary/aromatic N) is 5.